The van der Waals surface area contributed by atoms with Crippen LogP contribution in [0.25, 0.3) is 23.1 Å². The number of benzene rings is 2. The molecule has 4 aromatic rings. The van der Waals surface area contributed by atoms with Gasteiger partial charge in [-0.25, -0.2) is 9.67 Å². The zero-order valence-electron chi connectivity index (χ0n) is 17.2. The molecule has 31 heavy (non-hydrogen) atoms. The highest BCUT2D eigenvalue weighted by Crippen LogP contribution is 2.21. The Morgan fingerprint density at radius 2 is 1.90 bits per heavy atom. The molecule has 1 amide bonds. The second kappa shape index (κ2) is 8.88. The van der Waals surface area contributed by atoms with Crippen molar-refractivity contribution in [2.24, 2.45) is 0 Å². The third-order valence-electron chi connectivity index (χ3n) is 4.70. The van der Waals surface area contributed by atoms with Gasteiger partial charge in [0.2, 0.25) is 11.6 Å². The van der Waals surface area contributed by atoms with Crippen molar-refractivity contribution in [2.45, 2.75) is 20.4 Å². The zero-order chi connectivity index (χ0) is 21.8. The van der Waals surface area contributed by atoms with Crippen molar-refractivity contribution in [2.75, 3.05) is 13.2 Å². The highest BCUT2D eigenvalue weighted by Gasteiger charge is 2.17. The van der Waals surface area contributed by atoms with Gasteiger partial charge in [0.1, 0.15) is 5.82 Å². The molecule has 0 bridgehead atoms. The number of hydrogen-bond acceptors (Lipinski definition) is 7. The molecule has 158 valence electrons. The smallest absolute Gasteiger partial charge is 0.297 e. The number of nitrogens with one attached hydrogen (secondary N) is 1. The van der Waals surface area contributed by atoms with Crippen LogP contribution >= 0.6 is 0 Å². The standard InChI is InChI=1S/C22H22N6O3/c1-14-6-8-17(9-7-14)19-25-22(31-27-19)20-24-15(2)28(26-20)13-16-4-3-5-18(12-16)21(30)23-10-11-29/h3-9,12,29H,10-11,13H2,1-2H3,(H,23,30). The summed E-state index contributed by atoms with van der Waals surface area (Å²) in [7, 11) is 0. The van der Waals surface area contributed by atoms with Crippen LogP contribution < -0.4 is 5.32 Å². The normalized spacial score (nSPS) is 10.9. The summed E-state index contributed by atoms with van der Waals surface area (Å²) in [6.45, 7) is 4.39. The Bertz CT molecular complexity index is 1200. The lowest BCUT2D eigenvalue weighted by Gasteiger charge is -2.07. The number of rotatable bonds is 7. The number of hydrogen-bond donors (Lipinski definition) is 2. The van der Waals surface area contributed by atoms with Gasteiger partial charge >= 0.3 is 0 Å². The van der Waals surface area contributed by atoms with Crippen LogP contribution in [-0.2, 0) is 6.54 Å². The molecule has 9 nitrogen and oxygen atoms in total. The first-order valence-corrected chi connectivity index (χ1v) is 9.84. The molecule has 0 aliphatic heterocycles. The molecule has 0 saturated carbocycles. The first-order valence-electron chi connectivity index (χ1n) is 9.84. The highest BCUT2D eigenvalue weighted by atomic mass is 16.5. The molecule has 0 saturated heterocycles. The molecule has 0 unspecified atom stereocenters. The highest BCUT2D eigenvalue weighted by molar-refractivity contribution is 5.94. The molecule has 0 spiro atoms. The van der Waals surface area contributed by atoms with Crippen LogP contribution in [0.2, 0.25) is 0 Å². The van der Waals surface area contributed by atoms with E-state index in [4.69, 9.17) is 9.63 Å². The monoisotopic (exact) mass is 418 g/mol. The molecule has 4 rings (SSSR count). The van der Waals surface area contributed by atoms with E-state index in [9.17, 15) is 4.79 Å². The van der Waals surface area contributed by atoms with Gasteiger partial charge < -0.3 is 14.9 Å². The van der Waals surface area contributed by atoms with E-state index < -0.39 is 0 Å². The molecule has 0 fully saturated rings. The molecule has 2 aromatic heterocycles. The number of aryl methyl sites for hydroxylation is 2. The van der Waals surface area contributed by atoms with Crippen molar-refractivity contribution in [1.82, 2.24) is 30.2 Å². The van der Waals surface area contributed by atoms with Gasteiger partial charge in [-0.3, -0.25) is 4.79 Å². The Hall–Kier alpha value is -3.85. The lowest BCUT2D eigenvalue weighted by atomic mass is 10.1. The summed E-state index contributed by atoms with van der Waals surface area (Å²) in [5.41, 5.74) is 3.41. The fourth-order valence-electron chi connectivity index (χ4n) is 3.05. The van der Waals surface area contributed by atoms with E-state index in [-0.39, 0.29) is 24.9 Å². The van der Waals surface area contributed by atoms with E-state index in [0.717, 1.165) is 16.7 Å². The van der Waals surface area contributed by atoms with Crippen LogP contribution in [0.5, 0.6) is 0 Å². The number of aliphatic hydroxyl groups is 1. The first-order chi connectivity index (χ1) is 15.0. The molecule has 2 aromatic carbocycles. The Labute approximate surface area is 178 Å². The largest absolute Gasteiger partial charge is 0.395 e. The molecule has 0 atom stereocenters. The number of aliphatic hydroxyl groups excluding tert-OH is 1. The fraction of sp³-hybridized carbons (Fsp3) is 0.227. The van der Waals surface area contributed by atoms with Gasteiger partial charge in [0.05, 0.1) is 13.2 Å². The lowest BCUT2D eigenvalue weighted by molar-refractivity contribution is 0.0944. The third kappa shape index (κ3) is 4.67. The minimum absolute atomic E-state index is 0.104. The Morgan fingerprint density at radius 1 is 1.10 bits per heavy atom. The van der Waals surface area contributed by atoms with E-state index in [2.05, 4.69) is 25.5 Å². The third-order valence-corrected chi connectivity index (χ3v) is 4.70. The van der Waals surface area contributed by atoms with Crippen LogP contribution in [0.3, 0.4) is 0 Å². The number of amides is 1. The number of carbonyl (C=O) groups excluding carboxylic acids is 1. The maximum atomic E-state index is 12.1. The van der Waals surface area contributed by atoms with Crippen LogP contribution in [-0.4, -0.2) is 49.1 Å². The minimum Gasteiger partial charge on any atom is -0.395 e. The van der Waals surface area contributed by atoms with E-state index in [1.165, 1.54) is 0 Å². The summed E-state index contributed by atoms with van der Waals surface area (Å²) in [5.74, 6) is 1.52. The molecule has 2 N–H and O–H groups in total. The SMILES string of the molecule is Cc1ccc(-c2noc(-c3nc(C)n(Cc4cccc(C(=O)NCCO)c4)n3)n2)cc1. The maximum Gasteiger partial charge on any atom is 0.297 e. The van der Waals surface area contributed by atoms with Crippen LogP contribution in [0, 0.1) is 13.8 Å². The number of aromatic nitrogens is 5. The van der Waals surface area contributed by atoms with Gasteiger partial charge in [-0.05, 0) is 31.5 Å². The fourth-order valence-corrected chi connectivity index (χ4v) is 3.05. The van der Waals surface area contributed by atoms with Gasteiger partial charge in [0.15, 0.2) is 0 Å². The summed E-state index contributed by atoms with van der Waals surface area (Å²) >= 11 is 0. The van der Waals surface area contributed by atoms with Crippen molar-refractivity contribution in [3.05, 3.63) is 71.0 Å². The van der Waals surface area contributed by atoms with Crippen molar-refractivity contribution >= 4 is 5.91 Å². The summed E-state index contributed by atoms with van der Waals surface area (Å²) in [5, 5.41) is 20.0. The van der Waals surface area contributed by atoms with Crippen LogP contribution in [0.1, 0.15) is 27.3 Å². The molecule has 2 heterocycles. The van der Waals surface area contributed by atoms with Crippen molar-refractivity contribution < 1.29 is 14.4 Å². The molecular weight excluding hydrogens is 396 g/mol. The Balaban J connectivity index is 1.52. The molecular formula is C22H22N6O3. The minimum atomic E-state index is -0.235. The maximum absolute atomic E-state index is 12.1. The summed E-state index contributed by atoms with van der Waals surface area (Å²) in [4.78, 5) is 21.0. The summed E-state index contributed by atoms with van der Waals surface area (Å²) in [6, 6.07) is 15.1. The van der Waals surface area contributed by atoms with E-state index in [0.29, 0.717) is 29.6 Å². The average Bonchev–Trinajstić information content (AvgIpc) is 3.40. The van der Waals surface area contributed by atoms with Crippen LogP contribution in [0.15, 0.2) is 53.1 Å². The molecule has 0 aliphatic carbocycles. The second-order valence-electron chi connectivity index (χ2n) is 7.11. The second-order valence-corrected chi connectivity index (χ2v) is 7.11. The van der Waals surface area contributed by atoms with Crippen molar-refractivity contribution in [3.63, 3.8) is 0 Å². The van der Waals surface area contributed by atoms with E-state index >= 15 is 0 Å². The molecule has 0 aliphatic rings. The predicted octanol–water partition coefficient (Wildman–Crippen LogP) is 2.38. The summed E-state index contributed by atoms with van der Waals surface area (Å²) < 4.78 is 7.09. The summed E-state index contributed by atoms with van der Waals surface area (Å²) in [6.07, 6.45) is 0. The topological polar surface area (TPSA) is 119 Å². The quantitative estimate of drug-likeness (QED) is 0.473. The van der Waals surface area contributed by atoms with E-state index in [1.54, 1.807) is 16.8 Å². The van der Waals surface area contributed by atoms with Crippen LogP contribution in [0.4, 0.5) is 0 Å². The van der Waals surface area contributed by atoms with Crippen molar-refractivity contribution in [1.29, 1.82) is 0 Å². The Morgan fingerprint density at radius 3 is 2.68 bits per heavy atom. The van der Waals surface area contributed by atoms with Gasteiger partial charge in [-0.2, -0.15) is 4.98 Å². The number of nitrogens with zero attached hydrogens (tertiary/aromatic N) is 5. The average molecular weight is 418 g/mol. The zero-order valence-corrected chi connectivity index (χ0v) is 17.2. The molecule has 0 radical (unpaired) electrons. The van der Waals surface area contributed by atoms with Crippen molar-refractivity contribution in [3.8, 4) is 23.1 Å². The van der Waals surface area contributed by atoms with Gasteiger partial charge in [-0.1, -0.05) is 47.1 Å². The van der Waals surface area contributed by atoms with Gasteiger partial charge in [0, 0.05) is 17.7 Å². The first kappa shape index (κ1) is 20.4. The lowest BCUT2D eigenvalue weighted by Crippen LogP contribution is -2.26. The van der Waals surface area contributed by atoms with E-state index in [1.807, 2.05) is 50.2 Å². The van der Waals surface area contributed by atoms with Gasteiger partial charge in [0.25, 0.3) is 11.8 Å². The Kier molecular flexibility index (Phi) is 5.85. The number of carbonyl (C=O) groups is 1. The molecule has 9 heteroatoms. The predicted molar refractivity (Wildman–Crippen MR) is 113 cm³/mol. The van der Waals surface area contributed by atoms with Gasteiger partial charge in [-0.15, -0.1) is 5.10 Å².